The summed E-state index contributed by atoms with van der Waals surface area (Å²) in [5, 5.41) is 2.41. The number of imide groups is 1. The molecular formula is C18H26N2O2S2. The summed E-state index contributed by atoms with van der Waals surface area (Å²) in [4.78, 5) is 26.0. The molecule has 0 saturated carbocycles. The lowest BCUT2D eigenvalue weighted by atomic mass is 9.87. The molecule has 0 saturated heterocycles. The van der Waals surface area contributed by atoms with Gasteiger partial charge in [-0.2, -0.15) is 0 Å². The molecule has 1 rings (SSSR count). The van der Waals surface area contributed by atoms with Gasteiger partial charge in [-0.15, -0.1) is 0 Å². The van der Waals surface area contributed by atoms with Crippen LogP contribution in [-0.2, 0) is 10.2 Å². The summed E-state index contributed by atoms with van der Waals surface area (Å²) in [5.74, 6) is -0.574. The van der Waals surface area contributed by atoms with Crippen molar-refractivity contribution < 1.29 is 9.59 Å². The number of hydrogen-bond acceptors (Lipinski definition) is 4. The smallest absolute Gasteiger partial charge is 0.257 e. The van der Waals surface area contributed by atoms with Crippen LogP contribution < -0.4 is 5.32 Å². The van der Waals surface area contributed by atoms with Crippen molar-refractivity contribution in [1.82, 2.24) is 10.2 Å². The molecule has 1 N–H and O–H groups in total. The highest BCUT2D eigenvalue weighted by molar-refractivity contribution is 8.23. The molecule has 132 valence electrons. The third-order valence-corrected chi connectivity index (χ3v) is 5.14. The monoisotopic (exact) mass is 366 g/mol. The van der Waals surface area contributed by atoms with Crippen molar-refractivity contribution in [2.75, 3.05) is 18.8 Å². The molecule has 0 fully saturated rings. The molecule has 0 spiro atoms. The predicted octanol–water partition coefficient (Wildman–Crippen LogP) is 3.60. The Bertz CT molecular complexity index is 588. The van der Waals surface area contributed by atoms with Crippen LogP contribution in [0.2, 0.25) is 0 Å². The number of rotatable bonds is 5. The van der Waals surface area contributed by atoms with Crippen LogP contribution in [0.3, 0.4) is 0 Å². The number of nitrogens with one attached hydrogen (secondary N) is 1. The molecule has 0 heterocycles. The second-order valence-electron chi connectivity index (χ2n) is 6.43. The summed E-state index contributed by atoms with van der Waals surface area (Å²) >= 11 is 6.55. The van der Waals surface area contributed by atoms with E-state index in [4.69, 9.17) is 12.2 Å². The summed E-state index contributed by atoms with van der Waals surface area (Å²) in [5.41, 5.74) is 1.65. The van der Waals surface area contributed by atoms with Crippen LogP contribution in [-0.4, -0.2) is 39.9 Å². The van der Waals surface area contributed by atoms with Gasteiger partial charge in [0.2, 0.25) is 5.91 Å². The van der Waals surface area contributed by atoms with E-state index in [9.17, 15) is 9.59 Å². The van der Waals surface area contributed by atoms with Crippen LogP contribution in [0.15, 0.2) is 24.3 Å². The number of thiocarbonyl (C=S) groups is 1. The molecule has 0 atom stereocenters. The number of carbonyl (C=O) groups excluding carboxylic acids is 2. The molecule has 0 aliphatic rings. The zero-order chi connectivity index (χ0) is 18.3. The predicted molar refractivity (Wildman–Crippen MR) is 106 cm³/mol. The second kappa shape index (κ2) is 9.18. The maximum Gasteiger partial charge on any atom is 0.257 e. The quantitative estimate of drug-likeness (QED) is 0.807. The lowest BCUT2D eigenvalue weighted by Crippen LogP contribution is -2.33. The number of benzene rings is 1. The largest absolute Gasteiger partial charge is 0.358 e. The van der Waals surface area contributed by atoms with Crippen LogP contribution in [0, 0.1) is 0 Å². The van der Waals surface area contributed by atoms with E-state index in [0.29, 0.717) is 9.88 Å². The van der Waals surface area contributed by atoms with Crippen molar-refractivity contribution in [3.05, 3.63) is 35.4 Å². The number of thioether (sulfide) groups is 1. The summed E-state index contributed by atoms with van der Waals surface area (Å²) in [7, 11) is 0. The van der Waals surface area contributed by atoms with Gasteiger partial charge < -0.3 is 4.90 Å². The minimum absolute atomic E-state index is 0.0294. The van der Waals surface area contributed by atoms with Gasteiger partial charge in [-0.3, -0.25) is 14.9 Å². The number of hydrogen-bond donors (Lipinski definition) is 1. The fourth-order valence-electron chi connectivity index (χ4n) is 2.06. The van der Waals surface area contributed by atoms with Gasteiger partial charge in [0.05, 0.1) is 5.75 Å². The van der Waals surface area contributed by atoms with E-state index in [1.165, 1.54) is 11.8 Å². The van der Waals surface area contributed by atoms with Gasteiger partial charge in [-0.25, -0.2) is 0 Å². The summed E-state index contributed by atoms with van der Waals surface area (Å²) in [6.07, 6.45) is 0. The molecule has 0 aromatic heterocycles. The minimum atomic E-state index is -0.380. The van der Waals surface area contributed by atoms with Crippen LogP contribution in [0.1, 0.15) is 50.5 Å². The number of amides is 2. The SMILES string of the molecule is CCN(CC)C(=S)SCC(=O)NC(=O)c1ccc(C(C)(C)C)cc1. The fourth-order valence-corrected chi connectivity index (χ4v) is 3.26. The van der Waals surface area contributed by atoms with E-state index in [2.05, 4.69) is 26.1 Å². The summed E-state index contributed by atoms with van der Waals surface area (Å²) < 4.78 is 0.678. The van der Waals surface area contributed by atoms with E-state index < -0.39 is 0 Å². The van der Waals surface area contributed by atoms with Crippen molar-refractivity contribution in [3.8, 4) is 0 Å². The normalized spacial score (nSPS) is 11.0. The lowest BCUT2D eigenvalue weighted by Gasteiger charge is -2.20. The van der Waals surface area contributed by atoms with Gasteiger partial charge in [-0.05, 0) is 37.0 Å². The number of carbonyl (C=O) groups is 2. The van der Waals surface area contributed by atoms with E-state index in [0.717, 1.165) is 18.7 Å². The molecule has 0 radical (unpaired) electrons. The molecular weight excluding hydrogens is 340 g/mol. The third kappa shape index (κ3) is 6.24. The highest BCUT2D eigenvalue weighted by atomic mass is 32.2. The zero-order valence-electron chi connectivity index (χ0n) is 15.0. The second-order valence-corrected chi connectivity index (χ2v) is 8.04. The fraction of sp³-hybridized carbons (Fsp3) is 0.500. The Morgan fingerprint density at radius 1 is 1.12 bits per heavy atom. The average Bonchev–Trinajstić information content (AvgIpc) is 2.53. The first kappa shape index (κ1) is 20.6. The Hall–Kier alpha value is -1.40. The van der Waals surface area contributed by atoms with Gasteiger partial charge in [0, 0.05) is 18.7 Å². The highest BCUT2D eigenvalue weighted by Crippen LogP contribution is 2.22. The van der Waals surface area contributed by atoms with Crippen LogP contribution >= 0.6 is 24.0 Å². The minimum Gasteiger partial charge on any atom is -0.358 e. The van der Waals surface area contributed by atoms with Crippen molar-refractivity contribution in [2.24, 2.45) is 0 Å². The molecule has 1 aromatic carbocycles. The molecule has 24 heavy (non-hydrogen) atoms. The van der Waals surface area contributed by atoms with Crippen molar-refractivity contribution in [1.29, 1.82) is 0 Å². The Morgan fingerprint density at radius 2 is 1.67 bits per heavy atom. The van der Waals surface area contributed by atoms with E-state index in [-0.39, 0.29) is 23.0 Å². The molecule has 0 unspecified atom stereocenters. The van der Waals surface area contributed by atoms with Crippen LogP contribution in [0.5, 0.6) is 0 Å². The topological polar surface area (TPSA) is 49.4 Å². The van der Waals surface area contributed by atoms with Crippen LogP contribution in [0.25, 0.3) is 0 Å². The molecule has 0 aliphatic carbocycles. The van der Waals surface area contributed by atoms with Crippen LogP contribution in [0.4, 0.5) is 0 Å². The molecule has 0 aliphatic heterocycles. The van der Waals surface area contributed by atoms with Gasteiger partial charge in [0.25, 0.3) is 5.91 Å². The average molecular weight is 367 g/mol. The Kier molecular flexibility index (Phi) is 7.90. The lowest BCUT2D eigenvalue weighted by molar-refractivity contribution is -0.117. The first-order valence-corrected chi connectivity index (χ1v) is 9.44. The molecule has 0 bridgehead atoms. The third-order valence-electron chi connectivity index (χ3n) is 3.61. The first-order chi connectivity index (χ1) is 11.2. The van der Waals surface area contributed by atoms with Crippen molar-refractivity contribution in [2.45, 2.75) is 40.0 Å². The summed E-state index contributed by atoms with van der Waals surface area (Å²) in [6.45, 7) is 12.0. The van der Waals surface area contributed by atoms with Gasteiger partial charge in [-0.1, -0.05) is 56.9 Å². The molecule has 1 aromatic rings. The summed E-state index contributed by atoms with van der Waals surface area (Å²) in [6, 6.07) is 7.33. The van der Waals surface area contributed by atoms with E-state index in [1.807, 2.05) is 30.9 Å². The van der Waals surface area contributed by atoms with Crippen molar-refractivity contribution >= 4 is 40.1 Å². The van der Waals surface area contributed by atoms with Gasteiger partial charge >= 0.3 is 0 Å². The molecule has 2 amide bonds. The van der Waals surface area contributed by atoms with E-state index in [1.54, 1.807) is 12.1 Å². The van der Waals surface area contributed by atoms with E-state index >= 15 is 0 Å². The highest BCUT2D eigenvalue weighted by Gasteiger charge is 2.16. The standard InChI is InChI=1S/C18H26N2O2S2/c1-6-20(7-2)17(23)24-12-15(21)19-16(22)13-8-10-14(11-9-13)18(3,4)5/h8-11H,6-7,12H2,1-5H3,(H,19,21,22). The Labute approximate surface area is 154 Å². The first-order valence-electron chi connectivity index (χ1n) is 8.05. The van der Waals surface area contributed by atoms with Gasteiger partial charge in [0.1, 0.15) is 4.32 Å². The Morgan fingerprint density at radius 3 is 2.12 bits per heavy atom. The van der Waals surface area contributed by atoms with Crippen molar-refractivity contribution in [3.63, 3.8) is 0 Å². The zero-order valence-corrected chi connectivity index (χ0v) is 16.6. The maximum atomic E-state index is 12.1. The number of nitrogens with zero attached hydrogens (tertiary/aromatic N) is 1. The molecule has 4 nitrogen and oxygen atoms in total. The van der Waals surface area contributed by atoms with Gasteiger partial charge in [0.15, 0.2) is 0 Å². The molecule has 6 heteroatoms. The maximum absolute atomic E-state index is 12.1. The Balaban J connectivity index is 2.55.